The number of carbonyl (C=O) groups is 2. The summed E-state index contributed by atoms with van der Waals surface area (Å²) in [6.45, 7) is 2.04. The van der Waals surface area contributed by atoms with E-state index < -0.39 is 0 Å². The summed E-state index contributed by atoms with van der Waals surface area (Å²) in [5.41, 5.74) is 2.84. The fraction of sp³-hybridized carbons (Fsp3) is 0.160. The molecule has 1 aromatic heterocycles. The van der Waals surface area contributed by atoms with Crippen LogP contribution in [0.1, 0.15) is 16.9 Å². The van der Waals surface area contributed by atoms with E-state index in [1.807, 2.05) is 31.2 Å². The summed E-state index contributed by atoms with van der Waals surface area (Å²) in [4.78, 5) is 26.4. The molecule has 0 spiro atoms. The number of hydrogen-bond acceptors (Lipinski definition) is 6. The van der Waals surface area contributed by atoms with Gasteiger partial charge >= 0.3 is 0 Å². The van der Waals surface area contributed by atoms with Gasteiger partial charge in [0.1, 0.15) is 11.5 Å². The number of benzene rings is 2. The van der Waals surface area contributed by atoms with E-state index in [2.05, 4.69) is 10.6 Å². The number of furan rings is 1. The predicted molar refractivity (Wildman–Crippen MR) is 131 cm³/mol. The Kier molecular flexibility index (Phi) is 6.93. The molecule has 2 aromatic carbocycles. The number of ether oxygens (including phenoxy) is 2. The third-order valence-corrected chi connectivity index (χ3v) is 5.37. The molecule has 0 radical (unpaired) electrons. The van der Waals surface area contributed by atoms with E-state index in [-0.39, 0.29) is 25.0 Å². The number of nitrogens with zero attached hydrogens (tertiary/aromatic N) is 1. The minimum atomic E-state index is -0.289. The molecule has 0 saturated carbocycles. The Hall–Kier alpha value is -4.11. The van der Waals surface area contributed by atoms with Crippen molar-refractivity contribution >= 4 is 40.9 Å². The first-order chi connectivity index (χ1) is 16.4. The number of thiocarbonyl (C=S) groups is 1. The summed E-state index contributed by atoms with van der Waals surface area (Å²) in [6, 6.07) is 16.2. The summed E-state index contributed by atoms with van der Waals surface area (Å²) in [6.07, 6.45) is 3.22. The van der Waals surface area contributed by atoms with Gasteiger partial charge in [0, 0.05) is 5.69 Å². The minimum absolute atomic E-state index is 0.180. The van der Waals surface area contributed by atoms with Crippen LogP contribution in [0.15, 0.2) is 71.0 Å². The van der Waals surface area contributed by atoms with Crippen molar-refractivity contribution in [1.82, 2.24) is 10.2 Å². The van der Waals surface area contributed by atoms with Crippen molar-refractivity contribution < 1.29 is 23.5 Å². The molecule has 1 aliphatic heterocycles. The maximum Gasteiger partial charge on any atom is 0.276 e. The number of anilines is 1. The molecule has 0 bridgehead atoms. The van der Waals surface area contributed by atoms with Gasteiger partial charge in [-0.2, -0.15) is 0 Å². The topological polar surface area (TPSA) is 93.0 Å². The normalized spacial score (nSPS) is 14.3. The van der Waals surface area contributed by atoms with Gasteiger partial charge in [-0.05, 0) is 67.2 Å². The third kappa shape index (κ3) is 5.44. The van der Waals surface area contributed by atoms with Crippen LogP contribution in [0.3, 0.4) is 0 Å². The molecule has 3 aromatic rings. The molecule has 4 rings (SSSR count). The number of aryl methyl sites for hydroxylation is 1. The summed E-state index contributed by atoms with van der Waals surface area (Å²) < 4.78 is 16.4. The molecule has 34 heavy (non-hydrogen) atoms. The monoisotopic (exact) mass is 477 g/mol. The first-order valence-electron chi connectivity index (χ1n) is 10.5. The summed E-state index contributed by atoms with van der Waals surface area (Å²) >= 11 is 5.29. The van der Waals surface area contributed by atoms with Gasteiger partial charge in [-0.25, -0.2) is 0 Å². The second kappa shape index (κ2) is 10.2. The first-order valence-corrected chi connectivity index (χ1v) is 10.9. The zero-order valence-corrected chi connectivity index (χ0v) is 19.5. The summed E-state index contributed by atoms with van der Waals surface area (Å²) in [7, 11) is 1.50. The van der Waals surface area contributed by atoms with Crippen molar-refractivity contribution in [2.24, 2.45) is 0 Å². The number of methoxy groups -OCH3 is 1. The zero-order chi connectivity index (χ0) is 24.1. The third-order valence-electron chi connectivity index (χ3n) is 5.05. The lowest BCUT2D eigenvalue weighted by Crippen LogP contribution is -2.29. The van der Waals surface area contributed by atoms with E-state index in [1.54, 1.807) is 42.7 Å². The van der Waals surface area contributed by atoms with E-state index in [9.17, 15) is 9.59 Å². The molecule has 9 heteroatoms. The molecule has 2 amide bonds. The van der Waals surface area contributed by atoms with Crippen LogP contribution in [0.4, 0.5) is 5.69 Å². The lowest BCUT2D eigenvalue weighted by Gasteiger charge is -2.12. The van der Waals surface area contributed by atoms with E-state index >= 15 is 0 Å². The average molecular weight is 478 g/mol. The number of nitrogens with one attached hydrogen (secondary N) is 2. The predicted octanol–water partition coefficient (Wildman–Crippen LogP) is 3.87. The van der Waals surface area contributed by atoms with Gasteiger partial charge in [0.05, 0.1) is 19.9 Å². The van der Waals surface area contributed by atoms with E-state index in [1.165, 1.54) is 12.0 Å². The van der Waals surface area contributed by atoms with E-state index in [4.69, 9.17) is 26.1 Å². The molecule has 1 saturated heterocycles. The van der Waals surface area contributed by atoms with Crippen LogP contribution in [-0.4, -0.2) is 35.5 Å². The van der Waals surface area contributed by atoms with Gasteiger partial charge in [0.2, 0.25) is 0 Å². The van der Waals surface area contributed by atoms with Gasteiger partial charge < -0.3 is 24.5 Å². The molecule has 174 valence electrons. The lowest BCUT2D eigenvalue weighted by molar-refractivity contribution is -0.123. The summed E-state index contributed by atoms with van der Waals surface area (Å²) in [5, 5.41) is 6.02. The maximum atomic E-state index is 12.8. The Morgan fingerprint density at radius 1 is 1.18 bits per heavy atom. The Morgan fingerprint density at radius 2 is 1.97 bits per heavy atom. The van der Waals surface area contributed by atoms with Gasteiger partial charge in [-0.3, -0.25) is 14.5 Å². The first kappa shape index (κ1) is 23.1. The van der Waals surface area contributed by atoms with Crippen LogP contribution in [0, 0.1) is 6.92 Å². The molecule has 0 atom stereocenters. The van der Waals surface area contributed by atoms with Crippen LogP contribution < -0.4 is 20.1 Å². The molecule has 1 aliphatic rings. The van der Waals surface area contributed by atoms with Gasteiger partial charge in [-0.15, -0.1) is 0 Å². The van der Waals surface area contributed by atoms with Crippen LogP contribution in [0.5, 0.6) is 11.5 Å². The number of rotatable bonds is 8. The van der Waals surface area contributed by atoms with Crippen LogP contribution in [-0.2, 0) is 16.1 Å². The second-order valence-electron chi connectivity index (χ2n) is 7.57. The van der Waals surface area contributed by atoms with Gasteiger partial charge in [0.25, 0.3) is 11.8 Å². The molecule has 2 N–H and O–H groups in total. The minimum Gasteiger partial charge on any atom is -0.493 e. The van der Waals surface area contributed by atoms with E-state index in [0.29, 0.717) is 39.3 Å². The molecule has 2 heterocycles. The van der Waals surface area contributed by atoms with Gasteiger partial charge in [0.15, 0.2) is 23.2 Å². The zero-order valence-electron chi connectivity index (χ0n) is 18.7. The van der Waals surface area contributed by atoms with Crippen LogP contribution >= 0.6 is 12.2 Å². The largest absolute Gasteiger partial charge is 0.493 e. The lowest BCUT2D eigenvalue weighted by atomic mass is 10.1. The molecule has 8 nitrogen and oxygen atoms in total. The van der Waals surface area contributed by atoms with Crippen LogP contribution in [0.2, 0.25) is 0 Å². The highest BCUT2D eigenvalue weighted by molar-refractivity contribution is 7.80. The fourth-order valence-electron chi connectivity index (χ4n) is 3.31. The van der Waals surface area contributed by atoms with Crippen LogP contribution in [0.25, 0.3) is 6.08 Å². The SMILES string of the molecule is COc1cc(/C=C2/NC(=S)N(Cc3ccco3)C2=O)ccc1OCC(=O)Nc1ccc(C)cc1. The van der Waals surface area contributed by atoms with Gasteiger partial charge in [-0.1, -0.05) is 23.8 Å². The Bertz CT molecular complexity index is 1240. The molecule has 0 aliphatic carbocycles. The number of amides is 2. The molecular weight excluding hydrogens is 454 g/mol. The second-order valence-corrected chi connectivity index (χ2v) is 7.96. The number of hydrogen-bond donors (Lipinski definition) is 2. The highest BCUT2D eigenvalue weighted by Gasteiger charge is 2.31. The maximum absolute atomic E-state index is 12.8. The molecule has 0 unspecified atom stereocenters. The Labute approximate surface area is 202 Å². The fourth-order valence-corrected chi connectivity index (χ4v) is 3.57. The van der Waals surface area contributed by atoms with Crippen molar-refractivity contribution in [3.05, 3.63) is 83.4 Å². The highest BCUT2D eigenvalue weighted by Crippen LogP contribution is 2.29. The average Bonchev–Trinajstić information content (AvgIpc) is 3.44. The van der Waals surface area contributed by atoms with E-state index in [0.717, 1.165) is 5.56 Å². The quantitative estimate of drug-likeness (QED) is 0.376. The smallest absolute Gasteiger partial charge is 0.276 e. The molecular formula is C25H23N3O5S. The van der Waals surface area contributed by atoms with Crippen molar-refractivity contribution in [3.8, 4) is 11.5 Å². The Balaban J connectivity index is 1.41. The highest BCUT2D eigenvalue weighted by atomic mass is 32.1. The van der Waals surface area contributed by atoms with Crippen molar-refractivity contribution in [1.29, 1.82) is 0 Å². The number of carbonyl (C=O) groups excluding carboxylic acids is 2. The van der Waals surface area contributed by atoms with Crippen molar-refractivity contribution in [2.45, 2.75) is 13.5 Å². The standard InChI is InChI=1S/C25H23N3O5S/c1-16-5-8-18(9-6-16)26-23(29)15-33-21-10-7-17(13-22(21)31-2)12-20-24(30)28(25(34)27-20)14-19-4-3-11-32-19/h3-13H,14-15H2,1-2H3,(H,26,29)(H,27,34)/b20-12+. The Morgan fingerprint density at radius 3 is 2.68 bits per heavy atom. The molecule has 1 fully saturated rings. The van der Waals surface area contributed by atoms with Crippen molar-refractivity contribution in [3.63, 3.8) is 0 Å². The van der Waals surface area contributed by atoms with Crippen molar-refractivity contribution in [2.75, 3.05) is 19.0 Å². The summed E-state index contributed by atoms with van der Waals surface area (Å²) in [5.74, 6) is 0.923.